The number of para-hydroxylation sites is 1. The third-order valence-corrected chi connectivity index (χ3v) is 5.31. The second-order valence-corrected chi connectivity index (χ2v) is 9.84. The van der Waals surface area contributed by atoms with E-state index in [-0.39, 0.29) is 0 Å². The number of anilines is 1. The molecule has 0 radical (unpaired) electrons. The molecule has 190 valence electrons. The minimum absolute atomic E-state index is 0.404. The van der Waals surface area contributed by atoms with E-state index in [1.165, 1.54) is 4.90 Å². The molecule has 2 aromatic rings. The van der Waals surface area contributed by atoms with Crippen molar-refractivity contribution in [3.8, 4) is 0 Å². The Morgan fingerprint density at radius 2 is 1.60 bits per heavy atom. The number of benzene rings is 2. The summed E-state index contributed by atoms with van der Waals surface area (Å²) in [5, 5.41) is 15.3. The number of alkyl carbamates (subject to hydrolysis) is 1. The van der Waals surface area contributed by atoms with E-state index < -0.39 is 48.2 Å². The van der Waals surface area contributed by atoms with E-state index in [1.807, 2.05) is 44.2 Å². The summed E-state index contributed by atoms with van der Waals surface area (Å²) < 4.78 is 5.25. The van der Waals surface area contributed by atoms with Crippen molar-refractivity contribution in [2.24, 2.45) is 0 Å². The fourth-order valence-corrected chi connectivity index (χ4v) is 3.60. The van der Waals surface area contributed by atoms with E-state index in [1.54, 1.807) is 52.8 Å². The van der Waals surface area contributed by atoms with Crippen LogP contribution in [0.15, 0.2) is 48.5 Å². The van der Waals surface area contributed by atoms with Gasteiger partial charge in [-0.25, -0.2) is 4.79 Å². The van der Waals surface area contributed by atoms with Crippen LogP contribution in [-0.2, 0) is 14.3 Å². The van der Waals surface area contributed by atoms with E-state index in [4.69, 9.17) is 4.74 Å². The quantitative estimate of drug-likeness (QED) is 0.524. The Bertz CT molecular complexity index is 1030. The molecule has 0 bridgehead atoms. The van der Waals surface area contributed by atoms with Crippen LogP contribution >= 0.6 is 0 Å². The van der Waals surface area contributed by atoms with Gasteiger partial charge in [-0.2, -0.15) is 0 Å². The predicted molar refractivity (Wildman–Crippen MR) is 136 cm³/mol. The number of carbonyl (C=O) groups excluding carboxylic acids is 3. The summed E-state index contributed by atoms with van der Waals surface area (Å²) in [6.45, 7) is 11.8. The lowest BCUT2D eigenvalue weighted by atomic mass is 9.99. The molecule has 0 fully saturated rings. The Labute approximate surface area is 207 Å². The van der Waals surface area contributed by atoms with E-state index in [0.717, 1.165) is 11.1 Å². The van der Waals surface area contributed by atoms with E-state index in [2.05, 4.69) is 10.6 Å². The monoisotopic (exact) mass is 483 g/mol. The third kappa shape index (κ3) is 7.82. The average Bonchev–Trinajstić information content (AvgIpc) is 2.76. The molecule has 0 saturated carbocycles. The average molecular weight is 484 g/mol. The minimum atomic E-state index is -1.29. The zero-order valence-corrected chi connectivity index (χ0v) is 21.6. The fraction of sp³-hybridized carbons (Fsp3) is 0.444. The van der Waals surface area contributed by atoms with Crippen molar-refractivity contribution in [2.75, 3.05) is 11.9 Å². The first-order valence-electron chi connectivity index (χ1n) is 11.7. The maximum atomic E-state index is 13.6. The van der Waals surface area contributed by atoms with Crippen molar-refractivity contribution in [3.05, 3.63) is 65.2 Å². The van der Waals surface area contributed by atoms with Gasteiger partial charge in [0.2, 0.25) is 5.91 Å². The van der Waals surface area contributed by atoms with Crippen LogP contribution in [0.2, 0.25) is 0 Å². The predicted octanol–water partition coefficient (Wildman–Crippen LogP) is 4.11. The lowest BCUT2D eigenvalue weighted by Crippen LogP contribution is -2.55. The van der Waals surface area contributed by atoms with Crippen molar-refractivity contribution < 1.29 is 24.2 Å². The summed E-state index contributed by atoms with van der Waals surface area (Å²) in [6, 6.07) is 12.0. The zero-order valence-electron chi connectivity index (χ0n) is 21.6. The summed E-state index contributed by atoms with van der Waals surface area (Å²) >= 11 is 0. The molecule has 0 saturated heterocycles. The van der Waals surface area contributed by atoms with Crippen molar-refractivity contribution in [1.82, 2.24) is 10.2 Å². The minimum Gasteiger partial charge on any atom is -0.444 e. The van der Waals surface area contributed by atoms with Crippen LogP contribution in [0.1, 0.15) is 57.4 Å². The van der Waals surface area contributed by atoms with Crippen molar-refractivity contribution in [3.63, 3.8) is 0 Å². The van der Waals surface area contributed by atoms with Gasteiger partial charge in [0.05, 0.1) is 6.61 Å². The number of nitrogens with one attached hydrogen (secondary N) is 2. The summed E-state index contributed by atoms with van der Waals surface area (Å²) in [5.41, 5.74) is 2.36. The summed E-state index contributed by atoms with van der Waals surface area (Å²) in [6.07, 6.45) is -0.829. The number of amides is 3. The molecule has 8 heteroatoms. The Morgan fingerprint density at radius 1 is 1.00 bits per heavy atom. The van der Waals surface area contributed by atoms with Crippen LogP contribution in [0.25, 0.3) is 0 Å². The Hall–Kier alpha value is -3.39. The fourth-order valence-electron chi connectivity index (χ4n) is 3.60. The van der Waals surface area contributed by atoms with Crippen molar-refractivity contribution >= 4 is 23.6 Å². The highest BCUT2D eigenvalue weighted by atomic mass is 16.6. The number of rotatable bonds is 8. The van der Waals surface area contributed by atoms with Gasteiger partial charge in [-0.1, -0.05) is 48.0 Å². The first-order chi connectivity index (χ1) is 16.3. The van der Waals surface area contributed by atoms with Gasteiger partial charge in [-0.15, -0.1) is 0 Å². The molecule has 2 atom stereocenters. The summed E-state index contributed by atoms with van der Waals surface area (Å²) in [7, 11) is 0. The smallest absolute Gasteiger partial charge is 0.408 e. The normalized spacial score (nSPS) is 13.1. The molecule has 35 heavy (non-hydrogen) atoms. The summed E-state index contributed by atoms with van der Waals surface area (Å²) in [5.74, 6) is -1.00. The lowest BCUT2D eigenvalue weighted by molar-refractivity contribution is -0.143. The molecular formula is C27H37N3O5. The molecule has 0 aliphatic heterocycles. The van der Waals surface area contributed by atoms with Gasteiger partial charge >= 0.3 is 6.09 Å². The third-order valence-electron chi connectivity index (χ3n) is 5.31. The molecule has 0 heterocycles. The highest BCUT2D eigenvalue weighted by Gasteiger charge is 2.37. The van der Waals surface area contributed by atoms with Crippen LogP contribution in [-0.4, -0.2) is 52.2 Å². The van der Waals surface area contributed by atoms with E-state index in [9.17, 15) is 19.5 Å². The molecule has 2 unspecified atom stereocenters. The number of hydrogen-bond acceptors (Lipinski definition) is 5. The first-order valence-corrected chi connectivity index (χ1v) is 11.7. The molecule has 0 aromatic heterocycles. The van der Waals surface area contributed by atoms with Gasteiger partial charge < -0.3 is 25.4 Å². The van der Waals surface area contributed by atoms with Crippen LogP contribution < -0.4 is 10.6 Å². The molecule has 3 N–H and O–H groups in total. The molecule has 2 rings (SSSR count). The number of ether oxygens (including phenoxy) is 1. The van der Waals surface area contributed by atoms with E-state index in [0.29, 0.717) is 11.3 Å². The Morgan fingerprint density at radius 3 is 2.11 bits per heavy atom. The van der Waals surface area contributed by atoms with Crippen LogP contribution in [0.3, 0.4) is 0 Å². The topological polar surface area (TPSA) is 108 Å². The Balaban J connectivity index is 2.45. The molecule has 2 aromatic carbocycles. The van der Waals surface area contributed by atoms with Gasteiger partial charge in [-0.05, 0) is 65.7 Å². The van der Waals surface area contributed by atoms with E-state index >= 15 is 0 Å². The number of aliphatic hydroxyl groups is 1. The molecular weight excluding hydrogens is 446 g/mol. The molecule has 0 aliphatic rings. The molecule has 0 aliphatic carbocycles. The van der Waals surface area contributed by atoms with Gasteiger partial charge in [0.25, 0.3) is 5.91 Å². The van der Waals surface area contributed by atoms with Crippen molar-refractivity contribution in [1.29, 1.82) is 0 Å². The number of aryl methyl sites for hydroxylation is 2. The number of carbonyl (C=O) groups is 3. The molecule has 3 amide bonds. The lowest BCUT2D eigenvalue weighted by Gasteiger charge is -2.37. The number of hydrogen-bond donors (Lipinski definition) is 3. The van der Waals surface area contributed by atoms with Gasteiger partial charge in [0.1, 0.15) is 17.7 Å². The van der Waals surface area contributed by atoms with Crippen LogP contribution in [0.4, 0.5) is 10.5 Å². The zero-order chi connectivity index (χ0) is 26.3. The second kappa shape index (κ2) is 11.8. The van der Waals surface area contributed by atoms with Crippen LogP contribution in [0.5, 0.6) is 0 Å². The van der Waals surface area contributed by atoms with Crippen molar-refractivity contribution in [2.45, 2.75) is 72.2 Å². The largest absolute Gasteiger partial charge is 0.444 e. The maximum Gasteiger partial charge on any atom is 0.408 e. The SMILES string of the molecule is Cc1ccc(C(C(=O)Nc2ccccc2C)N(C(=O)C(CO)NC(=O)OC(C)(C)C)C(C)C)cc1. The van der Waals surface area contributed by atoms with Gasteiger partial charge in [0, 0.05) is 11.7 Å². The highest BCUT2D eigenvalue weighted by Crippen LogP contribution is 2.27. The maximum absolute atomic E-state index is 13.6. The second-order valence-electron chi connectivity index (χ2n) is 9.84. The highest BCUT2D eigenvalue weighted by molar-refractivity contribution is 5.99. The summed E-state index contributed by atoms with van der Waals surface area (Å²) in [4.78, 5) is 41.0. The Kier molecular flexibility index (Phi) is 9.42. The van der Waals surface area contributed by atoms with Gasteiger partial charge in [-0.3, -0.25) is 9.59 Å². The van der Waals surface area contributed by atoms with Gasteiger partial charge in [0.15, 0.2) is 0 Å². The van der Waals surface area contributed by atoms with Crippen LogP contribution in [0, 0.1) is 13.8 Å². The number of aliphatic hydroxyl groups excluding tert-OH is 1. The molecule has 0 spiro atoms. The first kappa shape index (κ1) is 27.9. The molecule has 8 nitrogen and oxygen atoms in total. The standard InChI is InChI=1S/C27H37N3O5/c1-17(2)30(25(33)22(16-31)29-26(34)35-27(5,6)7)23(20-14-12-18(3)13-15-20)24(32)28-21-11-9-8-10-19(21)4/h8-15,17,22-23,31H,16H2,1-7H3,(H,28,32)(H,29,34). The number of nitrogens with zero attached hydrogens (tertiary/aromatic N) is 1.